The number of phosphoric acid groups is 3. The van der Waals surface area contributed by atoms with E-state index in [1.807, 2.05) is 0 Å². The lowest BCUT2D eigenvalue weighted by Gasteiger charge is -2.26. The molecule has 0 aliphatic carbocycles. The molecule has 0 spiro atoms. The number of ether oxygens (including phenoxy) is 3. The van der Waals surface area contributed by atoms with Crippen molar-refractivity contribution in [3.63, 3.8) is 0 Å². The first-order valence-corrected chi connectivity index (χ1v) is 23.6. The molecule has 0 aromatic carbocycles. The van der Waals surface area contributed by atoms with E-state index in [-0.39, 0.29) is 33.5 Å². The molecule has 0 bridgehead atoms. The molecule has 3 aliphatic rings. The molecule has 67 heavy (non-hydrogen) atoms. The Bertz CT molecular complexity index is 3140. The first-order valence-electron chi connectivity index (χ1n) is 19.1. The molecule has 3 aliphatic heterocycles. The van der Waals surface area contributed by atoms with Crippen LogP contribution in [0.2, 0.25) is 0 Å². The summed E-state index contributed by atoms with van der Waals surface area (Å²) in [6.45, 7) is -3.17. The summed E-state index contributed by atoms with van der Waals surface area (Å²) in [5.41, 5.74) is -2.94. The maximum atomic E-state index is 13.6. The highest BCUT2D eigenvalue weighted by molar-refractivity contribution is 7.47. The van der Waals surface area contributed by atoms with Crippen LogP contribution in [0.1, 0.15) is 18.7 Å². The fourth-order valence-corrected chi connectivity index (χ4v) is 9.82. The van der Waals surface area contributed by atoms with Gasteiger partial charge in [0.25, 0.3) is 16.7 Å². The monoisotopic (exact) mass is 1010 g/mol. The molecular weight excluding hydrogens is 973 g/mol. The number of phosphoric ester groups is 3. The number of hydrogen-bond acceptors (Lipinski definition) is 24. The maximum Gasteiger partial charge on any atom is 0.472 e. The lowest BCUT2D eigenvalue weighted by atomic mass is 10.1. The number of nitrogens with one attached hydrogen (secondary N) is 3. The van der Waals surface area contributed by atoms with Gasteiger partial charge >= 0.3 is 23.5 Å². The van der Waals surface area contributed by atoms with E-state index >= 15 is 0 Å². The maximum absolute atomic E-state index is 13.6. The van der Waals surface area contributed by atoms with Crippen LogP contribution in [0.25, 0.3) is 33.5 Å². The third-order valence-electron chi connectivity index (χ3n) is 10.6. The second-order valence-corrected chi connectivity index (χ2v) is 18.8. The van der Waals surface area contributed by atoms with Crippen molar-refractivity contribution >= 4 is 57.0 Å². The lowest BCUT2D eigenvalue weighted by Crippen LogP contribution is -2.38. The third kappa shape index (κ3) is 9.22. The Kier molecular flexibility index (Phi) is 12.6. The van der Waals surface area contributed by atoms with Crippen molar-refractivity contribution in [3.8, 4) is 0 Å². The van der Waals surface area contributed by atoms with Gasteiger partial charge in [-0.1, -0.05) is 0 Å². The second-order valence-electron chi connectivity index (χ2n) is 14.8. The van der Waals surface area contributed by atoms with E-state index < -0.39 is 134 Å². The minimum absolute atomic E-state index is 0.0376. The molecule has 14 atom stereocenters. The van der Waals surface area contributed by atoms with E-state index in [1.165, 1.54) is 0 Å². The van der Waals surface area contributed by atoms with E-state index in [2.05, 4.69) is 49.4 Å². The number of fused-ring (bicyclic) bond motifs is 3. The second kappa shape index (κ2) is 17.9. The molecule has 3 fully saturated rings. The summed E-state index contributed by atoms with van der Waals surface area (Å²) in [5.74, 6) is 0. The van der Waals surface area contributed by atoms with E-state index in [4.69, 9.17) is 32.3 Å². The predicted molar refractivity (Wildman–Crippen MR) is 209 cm³/mol. The predicted octanol–water partition coefficient (Wildman–Crippen LogP) is -4.36. The van der Waals surface area contributed by atoms with Gasteiger partial charge in [-0.2, -0.15) is 0 Å². The van der Waals surface area contributed by atoms with Gasteiger partial charge in [-0.3, -0.25) is 50.7 Å². The number of nitrogens with zero attached hydrogens (tertiary/aromatic N) is 9. The summed E-state index contributed by atoms with van der Waals surface area (Å²) in [6, 6.07) is 0. The van der Waals surface area contributed by atoms with Gasteiger partial charge in [0, 0.05) is 0 Å². The van der Waals surface area contributed by atoms with Crippen molar-refractivity contribution in [2.24, 2.45) is 0 Å². The van der Waals surface area contributed by atoms with Gasteiger partial charge in [-0.25, -0.2) is 43.6 Å². The number of imidazole rings is 3. The zero-order chi connectivity index (χ0) is 47.7. The Labute approximate surface area is 368 Å². The Morgan fingerprint density at radius 3 is 1.24 bits per heavy atom. The van der Waals surface area contributed by atoms with Gasteiger partial charge in [0.2, 0.25) is 0 Å². The molecule has 6 aromatic heterocycles. The zero-order valence-electron chi connectivity index (χ0n) is 33.2. The van der Waals surface area contributed by atoms with Crippen LogP contribution in [0.5, 0.6) is 0 Å². The number of aromatic nitrogens is 12. The van der Waals surface area contributed by atoms with E-state index in [1.54, 1.807) is 0 Å². The van der Waals surface area contributed by atoms with Gasteiger partial charge in [-0.05, 0) is 0 Å². The van der Waals surface area contributed by atoms with E-state index in [0.29, 0.717) is 0 Å². The SMILES string of the molecule is O=c1[nH]cnc2c1ncn2[C@@H]1O[C@H](COP(=O)(O)O[C@H]2[C@@H](O)[C@H](n3cnc4c(=O)[nH]cnc43)O[C@@H]2COP(=O)(O)O[C@H]2[C@@H](O)[C@H](n3cnc4c(=O)[nH]cnc43)O[C@@H]2COP(=O)(O)O)[C@@H](O)[C@H]1O. The number of aliphatic hydroxyl groups excluding tert-OH is 4. The fourth-order valence-electron chi connectivity index (χ4n) is 7.55. The molecule has 2 unspecified atom stereocenters. The molecular formula is C30H35N12O22P3. The average Bonchev–Trinajstić information content (AvgIpc) is 4.13. The van der Waals surface area contributed by atoms with Crippen LogP contribution >= 0.6 is 23.5 Å². The topological polar surface area (TPSA) is 478 Å². The van der Waals surface area contributed by atoms with E-state index in [0.717, 1.165) is 51.7 Å². The van der Waals surface area contributed by atoms with Crippen LogP contribution in [0.4, 0.5) is 0 Å². The number of aliphatic hydroxyl groups is 4. The Hall–Kier alpha value is -4.90. The average molecular weight is 1010 g/mol. The molecule has 3 saturated heterocycles. The van der Waals surface area contributed by atoms with Crippen molar-refractivity contribution in [3.05, 3.63) is 69.0 Å². The molecule has 9 heterocycles. The highest BCUT2D eigenvalue weighted by Gasteiger charge is 2.53. The quantitative estimate of drug-likeness (QED) is 0.0408. The summed E-state index contributed by atoms with van der Waals surface area (Å²) in [5, 5.41) is 44.4. The molecule has 362 valence electrons. The highest BCUT2D eigenvalue weighted by atomic mass is 31.2. The van der Waals surface area contributed by atoms with Crippen molar-refractivity contribution in [2.45, 2.75) is 73.6 Å². The molecule has 0 saturated carbocycles. The number of H-pyrrole nitrogens is 3. The lowest BCUT2D eigenvalue weighted by molar-refractivity contribution is -0.0616. The van der Waals surface area contributed by atoms with Gasteiger partial charge in [0.05, 0.1) is 57.8 Å². The smallest absolute Gasteiger partial charge is 0.387 e. The molecule has 11 N–H and O–H groups in total. The molecule has 0 radical (unpaired) electrons. The van der Waals surface area contributed by atoms with Crippen LogP contribution in [-0.4, -0.2) is 173 Å². The minimum atomic E-state index is -5.54. The molecule has 37 heteroatoms. The zero-order valence-corrected chi connectivity index (χ0v) is 35.9. The Balaban J connectivity index is 0.928. The summed E-state index contributed by atoms with van der Waals surface area (Å²) in [6.07, 6.45) is -15.3. The van der Waals surface area contributed by atoms with Gasteiger partial charge < -0.3 is 69.2 Å². The van der Waals surface area contributed by atoms with Crippen molar-refractivity contribution in [2.75, 3.05) is 19.8 Å². The van der Waals surface area contributed by atoms with Crippen LogP contribution < -0.4 is 16.7 Å². The molecule has 6 aromatic rings. The highest BCUT2D eigenvalue weighted by Crippen LogP contribution is 2.52. The van der Waals surface area contributed by atoms with Crippen LogP contribution in [-0.2, 0) is 50.5 Å². The number of hydrogen-bond donors (Lipinski definition) is 11. The summed E-state index contributed by atoms with van der Waals surface area (Å²) in [7, 11) is -16.2. The molecule has 34 nitrogen and oxygen atoms in total. The van der Waals surface area contributed by atoms with Crippen molar-refractivity contribution in [1.29, 1.82) is 0 Å². The summed E-state index contributed by atoms with van der Waals surface area (Å²) >= 11 is 0. The molecule has 9 rings (SSSR count). The summed E-state index contributed by atoms with van der Waals surface area (Å²) in [4.78, 5) is 108. The fraction of sp³-hybridized carbons (Fsp3) is 0.500. The number of aromatic amines is 3. The van der Waals surface area contributed by atoms with Crippen LogP contribution in [0.15, 0.2) is 52.3 Å². The summed E-state index contributed by atoms with van der Waals surface area (Å²) < 4.78 is 84.5. The van der Waals surface area contributed by atoms with Crippen LogP contribution in [0, 0.1) is 0 Å². The number of rotatable bonds is 16. The molecule has 0 amide bonds. The van der Waals surface area contributed by atoms with Crippen molar-refractivity contribution < 1.29 is 90.5 Å². The van der Waals surface area contributed by atoms with Gasteiger partial charge in [0.15, 0.2) is 52.2 Å². The Morgan fingerprint density at radius 2 is 0.851 bits per heavy atom. The first kappa shape index (κ1) is 47.2. The largest absolute Gasteiger partial charge is 0.472 e. The van der Waals surface area contributed by atoms with Crippen LogP contribution in [0.3, 0.4) is 0 Å². The standard InChI is InChI=1S/C30H35N12O22P3/c43-16-10(60-28(17(16)44)40-7-37-13-22(40)31-4-34-25(13)47)1-58-66(53,54)64-21-12(62-30(19(21)46)42-9-39-15-24(42)33-6-36-27(15)49)3-59-67(55,56)63-20-11(2-57-65(50,51)52)61-29(18(20)45)41-8-38-14-23(41)32-5-35-26(14)48/h4-12,16-21,28-30,43-46H,1-3H2,(H,53,54)(H,55,56)(H,31,34,47)(H,32,35,48)(H,33,36,49)(H2,50,51,52)/t10-,11-,12-,16-,17-,18-,19-,20-,21-,28-,29-,30-/m1/s1. The first-order chi connectivity index (χ1) is 31.7. The van der Waals surface area contributed by atoms with E-state index in [9.17, 15) is 68.1 Å². The van der Waals surface area contributed by atoms with Crippen molar-refractivity contribution in [1.82, 2.24) is 58.6 Å². The third-order valence-corrected chi connectivity index (χ3v) is 13.1. The normalized spacial score (nSPS) is 31.0. The van der Waals surface area contributed by atoms with Gasteiger partial charge in [0.1, 0.15) is 54.9 Å². The minimum Gasteiger partial charge on any atom is -0.387 e. The van der Waals surface area contributed by atoms with Gasteiger partial charge in [-0.15, -0.1) is 0 Å². The Morgan fingerprint density at radius 1 is 0.507 bits per heavy atom.